The van der Waals surface area contributed by atoms with Gasteiger partial charge in [-0.25, -0.2) is 0 Å². The number of morpholine rings is 1. The van der Waals surface area contributed by atoms with Crippen LogP contribution in [0.25, 0.3) is 0 Å². The van der Waals surface area contributed by atoms with Crippen molar-refractivity contribution in [2.45, 2.75) is 25.9 Å². The first kappa shape index (κ1) is 19.1. The third-order valence-electron chi connectivity index (χ3n) is 5.32. The fourth-order valence-corrected chi connectivity index (χ4v) is 3.65. The quantitative estimate of drug-likeness (QED) is 0.827. The van der Waals surface area contributed by atoms with Gasteiger partial charge in [0.2, 0.25) is 0 Å². The molecule has 1 aromatic carbocycles. The number of rotatable bonds is 6. The van der Waals surface area contributed by atoms with E-state index < -0.39 is 6.10 Å². The summed E-state index contributed by atoms with van der Waals surface area (Å²) in [5.41, 5.74) is 0.996. The van der Waals surface area contributed by atoms with E-state index in [1.54, 1.807) is 4.90 Å². The van der Waals surface area contributed by atoms with Crippen LogP contribution in [0.1, 0.15) is 18.4 Å². The van der Waals surface area contributed by atoms with Crippen LogP contribution in [0.2, 0.25) is 0 Å². The summed E-state index contributed by atoms with van der Waals surface area (Å²) in [5, 5.41) is 10.2. The third-order valence-corrected chi connectivity index (χ3v) is 5.32. The van der Waals surface area contributed by atoms with Gasteiger partial charge >= 0.3 is 0 Å². The lowest BCUT2D eigenvalue weighted by Gasteiger charge is -2.36. The Balaban J connectivity index is 1.40. The molecule has 2 saturated heterocycles. The highest BCUT2D eigenvalue weighted by Gasteiger charge is 2.28. The lowest BCUT2D eigenvalue weighted by Crippen LogP contribution is -2.47. The highest BCUT2D eigenvalue weighted by Crippen LogP contribution is 2.20. The standard InChI is InChI=1S/C20H30N2O4/c1-16-4-2-3-5-19(16)26-15-18(23)20(24)22-8-6-17(7-9-22)14-21-10-12-25-13-11-21/h2-5,17-18,23H,6-15H2,1H3. The Morgan fingerprint density at radius 1 is 1.23 bits per heavy atom. The highest BCUT2D eigenvalue weighted by molar-refractivity contribution is 5.80. The molecule has 0 aromatic heterocycles. The molecule has 2 aliphatic rings. The van der Waals surface area contributed by atoms with E-state index in [1.165, 1.54) is 0 Å². The molecule has 1 N–H and O–H groups in total. The second-order valence-corrected chi connectivity index (χ2v) is 7.27. The summed E-state index contributed by atoms with van der Waals surface area (Å²) < 4.78 is 11.0. The zero-order valence-corrected chi connectivity index (χ0v) is 15.6. The van der Waals surface area contributed by atoms with Crippen molar-refractivity contribution < 1.29 is 19.4 Å². The van der Waals surface area contributed by atoms with E-state index in [9.17, 15) is 9.90 Å². The highest BCUT2D eigenvalue weighted by atomic mass is 16.5. The second-order valence-electron chi connectivity index (χ2n) is 7.27. The molecule has 26 heavy (non-hydrogen) atoms. The van der Waals surface area contributed by atoms with Crippen LogP contribution in [0.4, 0.5) is 0 Å². The Kier molecular flexibility index (Phi) is 6.88. The zero-order chi connectivity index (χ0) is 18.4. The number of aliphatic hydroxyl groups is 1. The van der Waals surface area contributed by atoms with Gasteiger partial charge in [0, 0.05) is 32.7 Å². The van der Waals surface area contributed by atoms with Crippen molar-refractivity contribution in [3.05, 3.63) is 29.8 Å². The molecule has 2 aliphatic heterocycles. The molecule has 6 nitrogen and oxygen atoms in total. The topological polar surface area (TPSA) is 62.2 Å². The number of nitrogens with zero attached hydrogens (tertiary/aromatic N) is 2. The lowest BCUT2D eigenvalue weighted by atomic mass is 9.95. The lowest BCUT2D eigenvalue weighted by molar-refractivity contribution is -0.143. The Morgan fingerprint density at radius 3 is 2.62 bits per heavy atom. The van der Waals surface area contributed by atoms with Gasteiger partial charge in [-0.3, -0.25) is 9.69 Å². The van der Waals surface area contributed by atoms with Crippen LogP contribution in [-0.2, 0) is 9.53 Å². The molecule has 1 amide bonds. The van der Waals surface area contributed by atoms with E-state index >= 15 is 0 Å². The summed E-state index contributed by atoms with van der Waals surface area (Å²) in [6, 6.07) is 7.62. The number of carbonyl (C=O) groups excluding carboxylic acids is 1. The van der Waals surface area contributed by atoms with Crippen LogP contribution in [0.3, 0.4) is 0 Å². The van der Waals surface area contributed by atoms with Gasteiger partial charge in [0.1, 0.15) is 12.4 Å². The number of aryl methyl sites for hydroxylation is 1. The third kappa shape index (κ3) is 5.19. The Labute approximate surface area is 155 Å². The van der Waals surface area contributed by atoms with E-state index in [0.717, 1.165) is 64.3 Å². The molecule has 0 saturated carbocycles. The van der Waals surface area contributed by atoms with Crippen molar-refractivity contribution in [3.8, 4) is 5.75 Å². The number of hydrogen-bond donors (Lipinski definition) is 1. The molecule has 0 bridgehead atoms. The number of hydrogen-bond acceptors (Lipinski definition) is 5. The van der Waals surface area contributed by atoms with E-state index in [4.69, 9.17) is 9.47 Å². The van der Waals surface area contributed by atoms with Gasteiger partial charge in [0.05, 0.1) is 13.2 Å². The molecule has 1 atom stereocenters. The van der Waals surface area contributed by atoms with Crippen molar-refractivity contribution >= 4 is 5.91 Å². The molecule has 0 spiro atoms. The summed E-state index contributed by atoms with van der Waals surface area (Å²) in [7, 11) is 0. The number of benzene rings is 1. The predicted molar refractivity (Wildman–Crippen MR) is 99.2 cm³/mol. The Morgan fingerprint density at radius 2 is 1.92 bits per heavy atom. The SMILES string of the molecule is Cc1ccccc1OCC(O)C(=O)N1CCC(CN2CCOCC2)CC1. The molecule has 0 aliphatic carbocycles. The Bertz CT molecular complexity index is 581. The monoisotopic (exact) mass is 362 g/mol. The van der Waals surface area contributed by atoms with Crippen molar-refractivity contribution in [1.29, 1.82) is 0 Å². The van der Waals surface area contributed by atoms with Crippen molar-refractivity contribution in [2.24, 2.45) is 5.92 Å². The number of aliphatic hydroxyl groups excluding tert-OH is 1. The van der Waals surface area contributed by atoms with Gasteiger partial charge in [-0.2, -0.15) is 0 Å². The fourth-order valence-electron chi connectivity index (χ4n) is 3.65. The molecule has 0 radical (unpaired) electrons. The minimum atomic E-state index is -1.11. The number of ether oxygens (including phenoxy) is 2. The second kappa shape index (κ2) is 9.35. The van der Waals surface area contributed by atoms with Gasteiger partial charge in [-0.1, -0.05) is 18.2 Å². The number of carbonyl (C=O) groups is 1. The first-order valence-electron chi connectivity index (χ1n) is 9.59. The average molecular weight is 362 g/mol. The molecule has 3 rings (SSSR count). The summed E-state index contributed by atoms with van der Waals surface area (Å²) >= 11 is 0. The number of amides is 1. The molecular weight excluding hydrogens is 332 g/mol. The maximum Gasteiger partial charge on any atom is 0.254 e. The van der Waals surface area contributed by atoms with Gasteiger partial charge in [-0.05, 0) is 37.3 Å². The first-order chi connectivity index (χ1) is 12.6. The van der Waals surface area contributed by atoms with Crippen LogP contribution in [0, 0.1) is 12.8 Å². The molecule has 1 unspecified atom stereocenters. The minimum Gasteiger partial charge on any atom is -0.490 e. The number of para-hydroxylation sites is 1. The smallest absolute Gasteiger partial charge is 0.254 e. The zero-order valence-electron chi connectivity index (χ0n) is 15.6. The van der Waals surface area contributed by atoms with Crippen LogP contribution in [0.5, 0.6) is 5.75 Å². The minimum absolute atomic E-state index is 0.00259. The predicted octanol–water partition coefficient (Wildman–Crippen LogP) is 1.31. The van der Waals surface area contributed by atoms with E-state index in [-0.39, 0.29) is 12.5 Å². The molecule has 6 heteroatoms. The van der Waals surface area contributed by atoms with Crippen LogP contribution in [0.15, 0.2) is 24.3 Å². The maximum absolute atomic E-state index is 12.5. The van der Waals surface area contributed by atoms with Gasteiger partial charge in [0.15, 0.2) is 6.10 Å². The normalized spacial score (nSPS) is 20.8. The van der Waals surface area contributed by atoms with Crippen molar-refractivity contribution in [1.82, 2.24) is 9.80 Å². The van der Waals surface area contributed by atoms with Gasteiger partial charge in [-0.15, -0.1) is 0 Å². The van der Waals surface area contributed by atoms with E-state index in [1.807, 2.05) is 31.2 Å². The van der Waals surface area contributed by atoms with Crippen molar-refractivity contribution in [2.75, 3.05) is 52.5 Å². The first-order valence-corrected chi connectivity index (χ1v) is 9.59. The molecule has 2 heterocycles. The number of piperidine rings is 1. The molecule has 2 fully saturated rings. The summed E-state index contributed by atoms with van der Waals surface area (Å²) in [5.74, 6) is 1.12. The molecule has 144 valence electrons. The van der Waals surface area contributed by atoms with Crippen LogP contribution >= 0.6 is 0 Å². The van der Waals surface area contributed by atoms with E-state index in [2.05, 4.69) is 4.90 Å². The maximum atomic E-state index is 12.5. The number of likely N-dealkylation sites (tertiary alicyclic amines) is 1. The van der Waals surface area contributed by atoms with Crippen LogP contribution in [-0.4, -0.2) is 79.5 Å². The van der Waals surface area contributed by atoms with Crippen LogP contribution < -0.4 is 4.74 Å². The largest absolute Gasteiger partial charge is 0.490 e. The molecular formula is C20H30N2O4. The average Bonchev–Trinajstić information content (AvgIpc) is 2.68. The van der Waals surface area contributed by atoms with Gasteiger partial charge in [0.25, 0.3) is 5.91 Å². The van der Waals surface area contributed by atoms with Crippen molar-refractivity contribution in [3.63, 3.8) is 0 Å². The van der Waals surface area contributed by atoms with E-state index in [0.29, 0.717) is 11.7 Å². The summed E-state index contributed by atoms with van der Waals surface area (Å²) in [4.78, 5) is 16.7. The summed E-state index contributed by atoms with van der Waals surface area (Å²) in [6.45, 7) is 8.13. The molecule has 1 aromatic rings. The Hall–Kier alpha value is -1.63. The summed E-state index contributed by atoms with van der Waals surface area (Å²) in [6.07, 6.45) is 0.883. The van der Waals surface area contributed by atoms with Gasteiger partial charge < -0.3 is 19.5 Å². The fraction of sp³-hybridized carbons (Fsp3) is 0.650.